The summed E-state index contributed by atoms with van der Waals surface area (Å²) < 4.78 is 20.0. The Morgan fingerprint density at radius 1 is 1.12 bits per heavy atom. The molecular weight excluding hydrogens is 411 g/mol. The number of aromatic nitrogens is 1. The van der Waals surface area contributed by atoms with Crippen molar-refractivity contribution >= 4 is 17.4 Å². The summed E-state index contributed by atoms with van der Waals surface area (Å²) in [5, 5.41) is 17.6. The number of para-hydroxylation sites is 1. The van der Waals surface area contributed by atoms with E-state index in [4.69, 9.17) is 4.52 Å². The summed E-state index contributed by atoms with van der Waals surface area (Å²) in [6.07, 6.45) is 0. The molecule has 2 heterocycles. The Morgan fingerprint density at radius 3 is 2.50 bits per heavy atom. The maximum Gasteiger partial charge on any atom is 0.221 e. The lowest BCUT2D eigenvalue weighted by atomic mass is 9.99. The smallest absolute Gasteiger partial charge is 0.221 e. The van der Waals surface area contributed by atoms with E-state index in [1.807, 2.05) is 6.07 Å². The summed E-state index contributed by atoms with van der Waals surface area (Å²) in [6.45, 7) is 9.34. The number of benzene rings is 2. The molecule has 1 fully saturated rings. The summed E-state index contributed by atoms with van der Waals surface area (Å²) in [6, 6.07) is 12.0. The number of aromatic hydroxyl groups is 1. The number of rotatable bonds is 5. The predicted molar refractivity (Wildman–Crippen MR) is 122 cm³/mol. The number of carbonyl (C=O) groups is 1. The lowest BCUT2D eigenvalue weighted by Gasteiger charge is -2.36. The molecule has 0 spiro atoms. The van der Waals surface area contributed by atoms with E-state index in [2.05, 4.69) is 34.1 Å². The molecule has 2 N–H and O–H groups in total. The molecule has 2 aromatic carbocycles. The Hall–Kier alpha value is -3.39. The van der Waals surface area contributed by atoms with E-state index in [0.717, 1.165) is 32.0 Å². The SMILES string of the molecule is CC(=O)Nc1ccc(-c2cccc(-c3cc(N4CCN(C(C)C)CC4)no3)c2O)cc1F. The molecule has 0 unspecified atom stereocenters. The summed E-state index contributed by atoms with van der Waals surface area (Å²) in [7, 11) is 0. The maximum atomic E-state index is 14.4. The third-order valence-electron chi connectivity index (χ3n) is 5.76. The zero-order valence-electron chi connectivity index (χ0n) is 18.4. The standard InChI is InChI=1S/C24H27FN4O3/c1-15(2)28-9-11-29(12-10-28)23-14-22(32-27-23)19-6-4-5-18(24(19)31)17-7-8-21(20(25)13-17)26-16(3)30/h4-8,13-15,31H,9-12H2,1-3H3,(H,26,30). The minimum absolute atomic E-state index is 0.0218. The normalized spacial score (nSPS) is 14.7. The molecule has 0 bridgehead atoms. The summed E-state index contributed by atoms with van der Waals surface area (Å²) in [4.78, 5) is 15.8. The van der Waals surface area contributed by atoms with Crippen molar-refractivity contribution in [2.45, 2.75) is 26.8 Å². The fourth-order valence-corrected chi connectivity index (χ4v) is 3.96. The summed E-state index contributed by atoms with van der Waals surface area (Å²) >= 11 is 0. The number of anilines is 2. The molecule has 1 aliphatic rings. The topological polar surface area (TPSA) is 81.8 Å². The van der Waals surface area contributed by atoms with E-state index < -0.39 is 5.82 Å². The van der Waals surface area contributed by atoms with Gasteiger partial charge in [-0.1, -0.05) is 23.4 Å². The predicted octanol–water partition coefficient (Wildman–Crippen LogP) is 4.34. The van der Waals surface area contributed by atoms with Crippen molar-refractivity contribution in [2.75, 3.05) is 36.4 Å². The van der Waals surface area contributed by atoms with Crippen molar-refractivity contribution in [1.29, 1.82) is 0 Å². The molecule has 3 aromatic rings. The average molecular weight is 439 g/mol. The molecule has 1 aromatic heterocycles. The van der Waals surface area contributed by atoms with Crippen LogP contribution in [0.2, 0.25) is 0 Å². The number of amides is 1. The third-order valence-corrected chi connectivity index (χ3v) is 5.76. The van der Waals surface area contributed by atoms with Crippen molar-refractivity contribution in [2.24, 2.45) is 0 Å². The highest BCUT2D eigenvalue weighted by Gasteiger charge is 2.23. The van der Waals surface area contributed by atoms with Gasteiger partial charge in [-0.15, -0.1) is 0 Å². The van der Waals surface area contributed by atoms with Gasteiger partial charge in [-0.25, -0.2) is 4.39 Å². The van der Waals surface area contributed by atoms with E-state index in [1.54, 1.807) is 24.3 Å². The van der Waals surface area contributed by atoms with E-state index in [1.165, 1.54) is 19.1 Å². The third kappa shape index (κ3) is 4.45. The number of hydrogen-bond acceptors (Lipinski definition) is 6. The molecule has 32 heavy (non-hydrogen) atoms. The molecule has 168 valence electrons. The van der Waals surface area contributed by atoms with Gasteiger partial charge in [-0.3, -0.25) is 9.69 Å². The van der Waals surface area contributed by atoms with Crippen molar-refractivity contribution in [3.8, 4) is 28.2 Å². The Bertz CT molecular complexity index is 1120. The quantitative estimate of drug-likeness (QED) is 0.617. The van der Waals surface area contributed by atoms with Crippen LogP contribution in [0.5, 0.6) is 5.75 Å². The minimum Gasteiger partial charge on any atom is -0.507 e. The van der Waals surface area contributed by atoms with E-state index in [0.29, 0.717) is 28.5 Å². The lowest BCUT2D eigenvalue weighted by molar-refractivity contribution is -0.114. The zero-order chi connectivity index (χ0) is 22.8. The number of phenols is 1. The van der Waals surface area contributed by atoms with Crippen LogP contribution in [0.1, 0.15) is 20.8 Å². The first-order valence-electron chi connectivity index (χ1n) is 10.7. The fraction of sp³-hybridized carbons (Fsp3) is 0.333. The van der Waals surface area contributed by atoms with Crippen molar-refractivity contribution < 1.29 is 18.8 Å². The van der Waals surface area contributed by atoms with Crippen LogP contribution >= 0.6 is 0 Å². The first kappa shape index (κ1) is 21.8. The number of phenolic OH excluding ortho intramolecular Hbond substituents is 1. The first-order chi connectivity index (χ1) is 15.3. The highest BCUT2D eigenvalue weighted by Crippen LogP contribution is 2.39. The summed E-state index contributed by atoms with van der Waals surface area (Å²) in [5.74, 6) is 0.227. The zero-order valence-corrected chi connectivity index (χ0v) is 18.4. The van der Waals surface area contributed by atoms with E-state index in [-0.39, 0.29) is 17.3 Å². The Morgan fingerprint density at radius 2 is 1.84 bits per heavy atom. The molecule has 1 amide bonds. The van der Waals surface area contributed by atoms with Crippen LogP contribution in [0.15, 0.2) is 47.0 Å². The number of nitrogens with zero attached hydrogens (tertiary/aromatic N) is 3. The molecule has 0 radical (unpaired) electrons. The van der Waals surface area contributed by atoms with Crippen LogP contribution in [0.4, 0.5) is 15.9 Å². The van der Waals surface area contributed by atoms with E-state index >= 15 is 0 Å². The largest absolute Gasteiger partial charge is 0.507 e. The Labute approximate surface area is 186 Å². The molecule has 7 nitrogen and oxygen atoms in total. The van der Waals surface area contributed by atoms with Crippen LogP contribution in [0.25, 0.3) is 22.5 Å². The number of halogens is 1. The van der Waals surface area contributed by atoms with Crippen LogP contribution in [0.3, 0.4) is 0 Å². The fourth-order valence-electron chi connectivity index (χ4n) is 3.96. The second-order valence-electron chi connectivity index (χ2n) is 8.24. The molecular formula is C24H27FN4O3. The molecule has 8 heteroatoms. The minimum atomic E-state index is -0.579. The van der Waals surface area contributed by atoms with Gasteiger partial charge in [-0.05, 0) is 37.6 Å². The van der Waals surface area contributed by atoms with Gasteiger partial charge in [0, 0.05) is 50.8 Å². The van der Waals surface area contributed by atoms with Crippen LogP contribution in [0, 0.1) is 5.82 Å². The van der Waals surface area contributed by atoms with Gasteiger partial charge < -0.3 is 19.8 Å². The first-order valence-corrected chi connectivity index (χ1v) is 10.7. The van der Waals surface area contributed by atoms with Crippen molar-refractivity contribution in [3.05, 3.63) is 48.3 Å². The Kier molecular flexibility index (Phi) is 6.14. The van der Waals surface area contributed by atoms with Gasteiger partial charge in [0.15, 0.2) is 11.6 Å². The average Bonchev–Trinajstić information content (AvgIpc) is 3.25. The molecule has 0 atom stereocenters. The van der Waals surface area contributed by atoms with Gasteiger partial charge in [0.1, 0.15) is 11.6 Å². The van der Waals surface area contributed by atoms with Crippen LogP contribution in [-0.2, 0) is 4.79 Å². The van der Waals surface area contributed by atoms with Gasteiger partial charge >= 0.3 is 0 Å². The van der Waals surface area contributed by atoms with Crippen LogP contribution in [-0.4, -0.2) is 53.3 Å². The second kappa shape index (κ2) is 9.00. The molecule has 4 rings (SSSR count). The second-order valence-corrected chi connectivity index (χ2v) is 8.24. The van der Waals surface area contributed by atoms with Gasteiger partial charge in [0.05, 0.1) is 11.3 Å². The molecule has 0 saturated carbocycles. The van der Waals surface area contributed by atoms with Crippen LogP contribution < -0.4 is 10.2 Å². The van der Waals surface area contributed by atoms with Crippen molar-refractivity contribution in [3.63, 3.8) is 0 Å². The number of carbonyl (C=O) groups excluding carboxylic acids is 1. The number of hydrogen-bond donors (Lipinski definition) is 2. The van der Waals surface area contributed by atoms with Crippen molar-refractivity contribution in [1.82, 2.24) is 10.1 Å². The molecule has 1 saturated heterocycles. The maximum absolute atomic E-state index is 14.4. The van der Waals surface area contributed by atoms with Gasteiger partial charge in [0.25, 0.3) is 0 Å². The highest BCUT2D eigenvalue weighted by molar-refractivity contribution is 5.89. The Balaban J connectivity index is 1.57. The number of nitrogens with one attached hydrogen (secondary N) is 1. The summed E-state index contributed by atoms with van der Waals surface area (Å²) in [5.41, 5.74) is 1.52. The molecule has 0 aliphatic carbocycles. The van der Waals surface area contributed by atoms with Gasteiger partial charge in [-0.2, -0.15) is 0 Å². The number of piperazine rings is 1. The molecule has 1 aliphatic heterocycles. The van der Waals surface area contributed by atoms with E-state index in [9.17, 15) is 14.3 Å². The monoisotopic (exact) mass is 438 g/mol. The van der Waals surface area contributed by atoms with Gasteiger partial charge in [0.2, 0.25) is 5.91 Å². The lowest BCUT2D eigenvalue weighted by Crippen LogP contribution is -2.49. The highest BCUT2D eigenvalue weighted by atomic mass is 19.1.